The summed E-state index contributed by atoms with van der Waals surface area (Å²) in [6, 6.07) is 5.69. The molecule has 0 unspecified atom stereocenters. The average molecular weight is 279 g/mol. The molecule has 1 amide bonds. The first-order valence-corrected chi connectivity index (χ1v) is 7.42. The molecule has 0 saturated carbocycles. The number of nitrogens with zero attached hydrogens (tertiary/aromatic N) is 1. The lowest BCUT2D eigenvalue weighted by atomic mass is 10.1. The number of rotatable bonds is 2. The van der Waals surface area contributed by atoms with Crippen LogP contribution in [0.15, 0.2) is 18.2 Å². The highest BCUT2D eigenvalue weighted by molar-refractivity contribution is 8.00. The highest BCUT2D eigenvalue weighted by Gasteiger charge is 2.30. The van der Waals surface area contributed by atoms with Crippen LogP contribution < -0.4 is 11.3 Å². The van der Waals surface area contributed by atoms with Gasteiger partial charge in [0.25, 0.3) is 5.91 Å². The largest absolute Gasteiger partial charge is 0.336 e. The Hall–Kier alpha value is -1.20. The number of nitrogens with two attached hydrogens (primary N) is 1. The van der Waals surface area contributed by atoms with Crippen molar-refractivity contribution in [1.82, 2.24) is 4.90 Å². The van der Waals surface area contributed by atoms with E-state index in [0.717, 1.165) is 24.4 Å². The van der Waals surface area contributed by atoms with E-state index in [4.69, 9.17) is 5.84 Å². The second-order valence-corrected chi connectivity index (χ2v) is 7.33. The quantitative estimate of drug-likeness (QED) is 0.644. The van der Waals surface area contributed by atoms with Crippen molar-refractivity contribution in [2.45, 2.75) is 25.5 Å². The van der Waals surface area contributed by atoms with Gasteiger partial charge in [-0.05, 0) is 38.5 Å². The summed E-state index contributed by atoms with van der Waals surface area (Å²) in [5.74, 6) is 6.55. The lowest BCUT2D eigenvalue weighted by Crippen LogP contribution is -2.46. The third-order valence-corrected chi connectivity index (χ3v) is 4.57. The van der Waals surface area contributed by atoms with Gasteiger partial charge in [0.15, 0.2) is 0 Å². The molecular formula is C14H21N3OS. The Bertz CT molecular complexity index is 488. The standard InChI is InChI=1S/C14H21N3OS/c1-10-4-5-11(12(8-10)16-15)13(18)17-6-7-19-14(2,3)9-17/h4-5,8,16H,6-7,9,15H2,1-3H3. The lowest BCUT2D eigenvalue weighted by molar-refractivity contribution is 0.0749. The van der Waals surface area contributed by atoms with Gasteiger partial charge in [0.05, 0.1) is 11.3 Å². The van der Waals surface area contributed by atoms with Crippen molar-refractivity contribution in [1.29, 1.82) is 0 Å². The van der Waals surface area contributed by atoms with Gasteiger partial charge in [-0.3, -0.25) is 10.6 Å². The van der Waals surface area contributed by atoms with E-state index in [1.54, 1.807) is 0 Å². The van der Waals surface area contributed by atoms with Crippen LogP contribution in [0, 0.1) is 6.92 Å². The molecule has 0 atom stereocenters. The van der Waals surface area contributed by atoms with Crippen molar-refractivity contribution < 1.29 is 4.79 Å². The van der Waals surface area contributed by atoms with Crippen molar-refractivity contribution in [3.05, 3.63) is 29.3 Å². The Kier molecular flexibility index (Phi) is 4.06. The number of benzene rings is 1. The van der Waals surface area contributed by atoms with Crippen LogP contribution in [0.25, 0.3) is 0 Å². The van der Waals surface area contributed by atoms with Gasteiger partial charge in [-0.25, -0.2) is 0 Å². The number of hydrogen-bond acceptors (Lipinski definition) is 4. The molecule has 0 aromatic heterocycles. The summed E-state index contributed by atoms with van der Waals surface area (Å²) in [5.41, 5.74) is 5.05. The zero-order chi connectivity index (χ0) is 14.0. The Morgan fingerprint density at radius 1 is 1.47 bits per heavy atom. The molecule has 1 heterocycles. The molecule has 0 radical (unpaired) electrons. The molecule has 0 bridgehead atoms. The van der Waals surface area contributed by atoms with Gasteiger partial charge in [0.1, 0.15) is 0 Å². The van der Waals surface area contributed by atoms with Crippen LogP contribution in [0.3, 0.4) is 0 Å². The van der Waals surface area contributed by atoms with Crippen LogP contribution in [0.5, 0.6) is 0 Å². The molecule has 1 fully saturated rings. The van der Waals surface area contributed by atoms with Crippen molar-refractivity contribution in [3.63, 3.8) is 0 Å². The molecule has 1 aliphatic rings. The van der Waals surface area contributed by atoms with E-state index in [9.17, 15) is 4.79 Å². The zero-order valence-corrected chi connectivity index (χ0v) is 12.5. The van der Waals surface area contributed by atoms with Gasteiger partial charge >= 0.3 is 0 Å². The zero-order valence-electron chi connectivity index (χ0n) is 11.7. The number of thioether (sulfide) groups is 1. The number of nitrogens with one attached hydrogen (secondary N) is 1. The first kappa shape index (κ1) is 14.2. The summed E-state index contributed by atoms with van der Waals surface area (Å²) < 4.78 is 0.120. The smallest absolute Gasteiger partial charge is 0.256 e. The van der Waals surface area contributed by atoms with Crippen LogP contribution >= 0.6 is 11.8 Å². The Morgan fingerprint density at radius 2 is 2.21 bits per heavy atom. The number of nitrogen functional groups attached to an aromatic ring is 1. The maximum absolute atomic E-state index is 12.6. The molecule has 3 N–H and O–H groups in total. The molecule has 4 nitrogen and oxygen atoms in total. The molecule has 1 aromatic rings. The molecule has 0 spiro atoms. The monoisotopic (exact) mass is 279 g/mol. The SMILES string of the molecule is Cc1ccc(C(=O)N2CCSC(C)(C)C2)c(NN)c1. The first-order valence-electron chi connectivity index (χ1n) is 6.43. The topological polar surface area (TPSA) is 58.4 Å². The summed E-state index contributed by atoms with van der Waals surface area (Å²) in [5, 5.41) is 0. The Balaban J connectivity index is 2.24. The van der Waals surface area contributed by atoms with Crippen LogP contribution in [-0.2, 0) is 0 Å². The summed E-state index contributed by atoms with van der Waals surface area (Å²) in [7, 11) is 0. The first-order chi connectivity index (χ1) is 8.93. The van der Waals surface area contributed by atoms with Crippen molar-refractivity contribution in [2.24, 2.45) is 5.84 Å². The van der Waals surface area contributed by atoms with Crippen molar-refractivity contribution >= 4 is 23.4 Å². The normalized spacial score (nSPS) is 18.2. The Labute approximate surface area is 118 Å². The van der Waals surface area contributed by atoms with Gasteiger partial charge in [-0.15, -0.1) is 0 Å². The van der Waals surface area contributed by atoms with Crippen LogP contribution in [0.2, 0.25) is 0 Å². The van der Waals surface area contributed by atoms with E-state index in [1.165, 1.54) is 0 Å². The minimum absolute atomic E-state index is 0.0568. The molecule has 1 aliphatic heterocycles. The summed E-state index contributed by atoms with van der Waals surface area (Å²) in [6.45, 7) is 7.90. The van der Waals surface area contributed by atoms with Gasteiger partial charge in [-0.2, -0.15) is 11.8 Å². The van der Waals surface area contributed by atoms with Crippen molar-refractivity contribution in [3.8, 4) is 0 Å². The average Bonchev–Trinajstić information content (AvgIpc) is 2.36. The molecule has 19 heavy (non-hydrogen) atoms. The molecule has 104 valence electrons. The second kappa shape index (κ2) is 5.43. The highest BCUT2D eigenvalue weighted by atomic mass is 32.2. The molecule has 1 saturated heterocycles. The summed E-state index contributed by atoms with van der Waals surface area (Å²) >= 11 is 1.91. The molecule has 5 heteroatoms. The van der Waals surface area contributed by atoms with Gasteiger partial charge in [0, 0.05) is 23.6 Å². The molecule has 0 aliphatic carbocycles. The summed E-state index contributed by atoms with van der Waals surface area (Å²) in [4.78, 5) is 14.5. The lowest BCUT2D eigenvalue weighted by Gasteiger charge is -2.37. The predicted molar refractivity (Wildman–Crippen MR) is 81.4 cm³/mol. The number of aryl methyl sites for hydroxylation is 1. The van der Waals surface area contributed by atoms with E-state index in [2.05, 4.69) is 19.3 Å². The van der Waals surface area contributed by atoms with E-state index in [-0.39, 0.29) is 10.7 Å². The third-order valence-electron chi connectivity index (χ3n) is 3.27. The number of anilines is 1. The third kappa shape index (κ3) is 3.22. The highest BCUT2D eigenvalue weighted by Crippen LogP contribution is 2.31. The molecular weight excluding hydrogens is 258 g/mol. The predicted octanol–water partition coefficient (Wildman–Crippen LogP) is 2.25. The minimum Gasteiger partial charge on any atom is -0.336 e. The molecule has 1 aromatic carbocycles. The Morgan fingerprint density at radius 3 is 2.84 bits per heavy atom. The number of hydrazine groups is 1. The van der Waals surface area contributed by atoms with Crippen LogP contribution in [-0.4, -0.2) is 34.4 Å². The minimum atomic E-state index is 0.0568. The summed E-state index contributed by atoms with van der Waals surface area (Å²) in [6.07, 6.45) is 0. The second-order valence-electron chi connectivity index (χ2n) is 5.53. The fourth-order valence-electron chi connectivity index (χ4n) is 2.32. The van der Waals surface area contributed by atoms with Crippen LogP contribution in [0.4, 0.5) is 5.69 Å². The van der Waals surface area contributed by atoms with Gasteiger partial charge < -0.3 is 10.3 Å². The maximum Gasteiger partial charge on any atom is 0.256 e. The van der Waals surface area contributed by atoms with E-state index < -0.39 is 0 Å². The number of hydrogen-bond donors (Lipinski definition) is 2. The number of amides is 1. The van der Waals surface area contributed by atoms with Gasteiger partial charge in [-0.1, -0.05) is 6.07 Å². The van der Waals surface area contributed by atoms with Gasteiger partial charge in [0.2, 0.25) is 0 Å². The van der Waals surface area contributed by atoms with E-state index in [0.29, 0.717) is 11.3 Å². The molecule has 2 rings (SSSR count). The van der Waals surface area contributed by atoms with Crippen molar-refractivity contribution in [2.75, 3.05) is 24.3 Å². The number of carbonyl (C=O) groups is 1. The maximum atomic E-state index is 12.6. The van der Waals surface area contributed by atoms with E-state index in [1.807, 2.05) is 41.8 Å². The fraction of sp³-hybridized carbons (Fsp3) is 0.500. The van der Waals surface area contributed by atoms with E-state index >= 15 is 0 Å². The fourth-order valence-corrected chi connectivity index (χ4v) is 3.44. The van der Waals surface area contributed by atoms with Crippen LogP contribution in [0.1, 0.15) is 29.8 Å². The number of carbonyl (C=O) groups excluding carboxylic acids is 1.